The van der Waals surface area contributed by atoms with Crippen LogP contribution in [-0.2, 0) is 15.1 Å². The van der Waals surface area contributed by atoms with Gasteiger partial charge in [-0.1, -0.05) is 42.5 Å². The monoisotopic (exact) mass is 382 g/mol. The van der Waals surface area contributed by atoms with E-state index in [4.69, 9.17) is 15.2 Å². The summed E-state index contributed by atoms with van der Waals surface area (Å²) in [6, 6.07) is 17.1. The number of cyclic esters (lactones) is 1. The minimum Gasteiger partial charge on any atom is -0.497 e. The number of carbonyl (C=O) groups excluding carboxylic acids is 2. The van der Waals surface area contributed by atoms with Gasteiger partial charge in [0.15, 0.2) is 0 Å². The van der Waals surface area contributed by atoms with Crippen LogP contribution < -0.4 is 10.5 Å². The molecule has 28 heavy (non-hydrogen) atoms. The highest BCUT2D eigenvalue weighted by molar-refractivity contribution is 5.74. The van der Waals surface area contributed by atoms with Crippen molar-refractivity contribution in [1.29, 1.82) is 0 Å². The lowest BCUT2D eigenvalue weighted by molar-refractivity contribution is -0.121. The van der Waals surface area contributed by atoms with E-state index in [2.05, 4.69) is 0 Å². The number of benzene rings is 2. The third-order valence-electron chi connectivity index (χ3n) is 5.41. The molecule has 2 aromatic carbocycles. The van der Waals surface area contributed by atoms with E-state index >= 15 is 0 Å². The molecule has 1 heterocycles. The van der Waals surface area contributed by atoms with Crippen molar-refractivity contribution >= 4 is 12.0 Å². The number of amides is 2. The molecule has 2 amide bonds. The van der Waals surface area contributed by atoms with Gasteiger partial charge in [0, 0.05) is 25.8 Å². The molecule has 2 aromatic rings. The first-order valence-corrected chi connectivity index (χ1v) is 9.42. The highest BCUT2D eigenvalue weighted by Crippen LogP contribution is 2.40. The molecule has 6 heteroatoms. The number of nitrogens with two attached hydrogens (primary N) is 1. The smallest absolute Gasteiger partial charge is 0.411 e. The van der Waals surface area contributed by atoms with Crippen LogP contribution in [-0.4, -0.2) is 30.6 Å². The molecule has 148 valence electrons. The van der Waals surface area contributed by atoms with E-state index in [1.165, 1.54) is 0 Å². The van der Waals surface area contributed by atoms with Gasteiger partial charge in [-0.15, -0.1) is 0 Å². The Balaban J connectivity index is 1.80. The number of carbonyl (C=O) groups is 2. The highest BCUT2D eigenvalue weighted by atomic mass is 16.6. The zero-order chi connectivity index (χ0) is 20.1. The summed E-state index contributed by atoms with van der Waals surface area (Å²) < 4.78 is 11.2. The molecule has 0 spiro atoms. The predicted molar refractivity (Wildman–Crippen MR) is 106 cm³/mol. The van der Waals surface area contributed by atoms with Crippen molar-refractivity contribution < 1.29 is 19.1 Å². The molecule has 1 aliphatic heterocycles. The van der Waals surface area contributed by atoms with E-state index in [1.807, 2.05) is 61.5 Å². The normalized spacial score (nSPS) is 20.4. The summed E-state index contributed by atoms with van der Waals surface area (Å²) in [7, 11) is 1.62. The number of hydrogen-bond acceptors (Lipinski definition) is 4. The van der Waals surface area contributed by atoms with Crippen LogP contribution >= 0.6 is 0 Å². The van der Waals surface area contributed by atoms with Gasteiger partial charge in [0.25, 0.3) is 0 Å². The number of hydrogen-bond donors (Lipinski definition) is 1. The van der Waals surface area contributed by atoms with Crippen molar-refractivity contribution in [2.45, 2.75) is 37.8 Å². The highest BCUT2D eigenvalue weighted by Gasteiger charge is 2.43. The van der Waals surface area contributed by atoms with Crippen molar-refractivity contribution in [2.24, 2.45) is 5.73 Å². The lowest BCUT2D eigenvalue weighted by atomic mass is 9.84. The lowest BCUT2D eigenvalue weighted by Crippen LogP contribution is -2.49. The third kappa shape index (κ3) is 4.11. The molecule has 0 unspecified atom stereocenters. The summed E-state index contributed by atoms with van der Waals surface area (Å²) in [4.78, 5) is 26.0. The fraction of sp³-hybridized carbons (Fsp3) is 0.364. The van der Waals surface area contributed by atoms with E-state index < -0.39 is 11.5 Å². The number of rotatable bonds is 7. The van der Waals surface area contributed by atoms with Crippen LogP contribution in [0.4, 0.5) is 4.79 Å². The first-order chi connectivity index (χ1) is 13.4. The Morgan fingerprint density at radius 2 is 1.89 bits per heavy atom. The van der Waals surface area contributed by atoms with Crippen LogP contribution in [0.3, 0.4) is 0 Å². The van der Waals surface area contributed by atoms with Crippen LogP contribution in [0.25, 0.3) is 0 Å². The summed E-state index contributed by atoms with van der Waals surface area (Å²) in [6.07, 6.45) is 0.748. The number of nitrogens with zero attached hydrogens (tertiary/aromatic N) is 1. The maximum atomic E-state index is 12.9. The Hall–Kier alpha value is -3.02. The SMILES string of the molecule is COc1ccc([C@H](C)N2CC[C@](CCC(N)=O)(c3ccccc3)OC2=O)cc1. The topological polar surface area (TPSA) is 81.9 Å². The molecule has 1 saturated heterocycles. The summed E-state index contributed by atoms with van der Waals surface area (Å²) in [6.45, 7) is 2.50. The zero-order valence-electron chi connectivity index (χ0n) is 16.3. The summed E-state index contributed by atoms with van der Waals surface area (Å²) in [5.74, 6) is 0.368. The van der Waals surface area contributed by atoms with Gasteiger partial charge < -0.3 is 20.1 Å². The Labute approximate surface area is 165 Å². The third-order valence-corrected chi connectivity index (χ3v) is 5.41. The molecule has 0 radical (unpaired) electrons. The van der Waals surface area contributed by atoms with E-state index in [9.17, 15) is 9.59 Å². The summed E-state index contributed by atoms with van der Waals surface area (Å²) in [5.41, 5.74) is 6.42. The fourth-order valence-electron chi connectivity index (χ4n) is 3.67. The van der Waals surface area contributed by atoms with Crippen molar-refractivity contribution in [3.05, 3.63) is 65.7 Å². The van der Waals surface area contributed by atoms with Crippen LogP contribution in [0, 0.1) is 0 Å². The lowest BCUT2D eigenvalue weighted by Gasteiger charge is -2.43. The quantitative estimate of drug-likeness (QED) is 0.790. The Bertz CT molecular complexity index is 822. The second-order valence-corrected chi connectivity index (χ2v) is 7.09. The Morgan fingerprint density at radius 3 is 2.46 bits per heavy atom. The Morgan fingerprint density at radius 1 is 1.21 bits per heavy atom. The zero-order valence-corrected chi connectivity index (χ0v) is 16.3. The minimum atomic E-state index is -0.830. The average Bonchev–Trinajstić information content (AvgIpc) is 2.72. The molecule has 2 atom stereocenters. The van der Waals surface area contributed by atoms with Gasteiger partial charge in [0.1, 0.15) is 11.4 Å². The largest absolute Gasteiger partial charge is 0.497 e. The number of ether oxygens (including phenoxy) is 2. The molecule has 2 N–H and O–H groups in total. The van der Waals surface area contributed by atoms with E-state index in [0.717, 1.165) is 16.9 Å². The van der Waals surface area contributed by atoms with E-state index in [1.54, 1.807) is 12.0 Å². The van der Waals surface area contributed by atoms with Crippen molar-refractivity contribution in [1.82, 2.24) is 4.90 Å². The predicted octanol–water partition coefficient (Wildman–Crippen LogP) is 3.76. The van der Waals surface area contributed by atoms with Gasteiger partial charge in [-0.05, 0) is 30.2 Å². The van der Waals surface area contributed by atoms with E-state index in [0.29, 0.717) is 19.4 Å². The van der Waals surface area contributed by atoms with Gasteiger partial charge >= 0.3 is 6.09 Å². The first kappa shape index (κ1) is 19.7. The fourth-order valence-corrected chi connectivity index (χ4v) is 3.67. The summed E-state index contributed by atoms with van der Waals surface area (Å²) in [5, 5.41) is 0. The second-order valence-electron chi connectivity index (χ2n) is 7.09. The molecular weight excluding hydrogens is 356 g/mol. The van der Waals surface area contributed by atoms with Crippen LogP contribution in [0.2, 0.25) is 0 Å². The maximum Gasteiger partial charge on any atom is 0.411 e. The maximum absolute atomic E-state index is 12.9. The second kappa shape index (κ2) is 8.33. The summed E-state index contributed by atoms with van der Waals surface area (Å²) >= 11 is 0. The number of primary amides is 1. The van der Waals surface area contributed by atoms with Gasteiger partial charge in [-0.25, -0.2) is 4.79 Å². The minimum absolute atomic E-state index is 0.136. The molecule has 1 fully saturated rings. The molecule has 0 aliphatic carbocycles. The Kier molecular flexibility index (Phi) is 5.87. The standard InChI is InChI=1S/C22H26N2O4/c1-16(17-8-10-19(27-2)11-9-17)24-15-14-22(28-21(24)26,13-12-20(23)25)18-6-4-3-5-7-18/h3-11,16H,12-15H2,1-2H3,(H2,23,25)/t16-,22+/m0/s1. The van der Waals surface area contributed by atoms with Gasteiger partial charge in [0.2, 0.25) is 5.91 Å². The van der Waals surface area contributed by atoms with Crippen molar-refractivity contribution in [3.63, 3.8) is 0 Å². The van der Waals surface area contributed by atoms with Gasteiger partial charge in [-0.2, -0.15) is 0 Å². The van der Waals surface area contributed by atoms with Gasteiger partial charge in [-0.3, -0.25) is 4.79 Å². The molecule has 0 saturated carbocycles. The van der Waals surface area contributed by atoms with Crippen molar-refractivity contribution in [2.75, 3.05) is 13.7 Å². The first-order valence-electron chi connectivity index (χ1n) is 9.42. The molecule has 0 bridgehead atoms. The van der Waals surface area contributed by atoms with Crippen molar-refractivity contribution in [3.8, 4) is 5.75 Å². The van der Waals surface area contributed by atoms with Crippen LogP contribution in [0.15, 0.2) is 54.6 Å². The van der Waals surface area contributed by atoms with E-state index in [-0.39, 0.29) is 18.6 Å². The molecule has 3 rings (SSSR count). The van der Waals surface area contributed by atoms with Gasteiger partial charge in [0.05, 0.1) is 13.2 Å². The molecule has 0 aromatic heterocycles. The average molecular weight is 382 g/mol. The molecular formula is C22H26N2O4. The molecule has 1 aliphatic rings. The number of methoxy groups -OCH3 is 1. The van der Waals surface area contributed by atoms with Crippen LogP contribution in [0.1, 0.15) is 43.4 Å². The van der Waals surface area contributed by atoms with Crippen LogP contribution in [0.5, 0.6) is 5.75 Å². The molecule has 6 nitrogen and oxygen atoms in total.